The third-order valence-corrected chi connectivity index (χ3v) is 3.76. The number of ether oxygens (including phenoxy) is 1. The molecule has 2 aromatic carbocycles. The summed E-state index contributed by atoms with van der Waals surface area (Å²) in [6.45, 7) is 1.99. The zero-order valence-corrected chi connectivity index (χ0v) is 11.2. The molecule has 0 saturated heterocycles. The first-order valence-electron chi connectivity index (χ1n) is 6.84. The lowest BCUT2D eigenvalue weighted by Crippen LogP contribution is -2.10. The van der Waals surface area contributed by atoms with Gasteiger partial charge in [0.2, 0.25) is 0 Å². The average Bonchev–Trinajstić information content (AvgIpc) is 2.83. The molecule has 2 N–H and O–H groups in total. The number of para-hydroxylation sites is 1. The van der Waals surface area contributed by atoms with Crippen molar-refractivity contribution in [1.82, 2.24) is 0 Å². The van der Waals surface area contributed by atoms with E-state index in [2.05, 4.69) is 24.3 Å². The van der Waals surface area contributed by atoms with E-state index >= 15 is 0 Å². The van der Waals surface area contributed by atoms with E-state index in [1.165, 1.54) is 11.1 Å². The van der Waals surface area contributed by atoms with E-state index in [1.54, 1.807) is 0 Å². The quantitative estimate of drug-likeness (QED) is 0.903. The molecule has 2 heteroatoms. The standard InChI is InChI=1S/C17H19NO/c1-12(18)14-7-4-5-9-16(14)19-17-11-10-13-6-2-3-8-15(13)17/h2-9,12,17H,10-11,18H2,1H3. The molecule has 0 fully saturated rings. The van der Waals surface area contributed by atoms with Crippen LogP contribution < -0.4 is 10.5 Å². The maximum atomic E-state index is 6.21. The summed E-state index contributed by atoms with van der Waals surface area (Å²) in [6.07, 6.45) is 2.31. The fourth-order valence-electron chi connectivity index (χ4n) is 2.76. The Morgan fingerprint density at radius 1 is 1.11 bits per heavy atom. The minimum atomic E-state index is -0.00662. The van der Waals surface area contributed by atoms with Crippen LogP contribution in [0, 0.1) is 0 Å². The molecule has 3 rings (SSSR count). The maximum absolute atomic E-state index is 6.21. The van der Waals surface area contributed by atoms with Crippen LogP contribution >= 0.6 is 0 Å². The van der Waals surface area contributed by atoms with Crippen molar-refractivity contribution >= 4 is 0 Å². The first-order chi connectivity index (χ1) is 9.25. The molecule has 1 aliphatic carbocycles. The van der Waals surface area contributed by atoms with Gasteiger partial charge in [-0.1, -0.05) is 42.5 Å². The summed E-state index contributed by atoms with van der Waals surface area (Å²) in [4.78, 5) is 0. The van der Waals surface area contributed by atoms with Gasteiger partial charge in [0, 0.05) is 11.6 Å². The minimum Gasteiger partial charge on any atom is -0.485 e. The topological polar surface area (TPSA) is 35.2 Å². The van der Waals surface area contributed by atoms with Gasteiger partial charge in [0.05, 0.1) is 0 Å². The third-order valence-electron chi connectivity index (χ3n) is 3.76. The molecule has 98 valence electrons. The van der Waals surface area contributed by atoms with Crippen molar-refractivity contribution in [3.63, 3.8) is 0 Å². The molecule has 19 heavy (non-hydrogen) atoms. The van der Waals surface area contributed by atoms with Crippen LogP contribution in [0.4, 0.5) is 0 Å². The monoisotopic (exact) mass is 253 g/mol. The van der Waals surface area contributed by atoms with Crippen molar-refractivity contribution in [3.8, 4) is 5.75 Å². The molecule has 0 saturated carbocycles. The molecule has 1 aliphatic rings. The SMILES string of the molecule is CC(N)c1ccccc1OC1CCc2ccccc21. The second-order valence-corrected chi connectivity index (χ2v) is 5.17. The van der Waals surface area contributed by atoms with Crippen molar-refractivity contribution in [2.24, 2.45) is 5.73 Å². The second kappa shape index (κ2) is 5.06. The van der Waals surface area contributed by atoms with Gasteiger partial charge < -0.3 is 10.5 Å². The first kappa shape index (κ1) is 12.2. The van der Waals surface area contributed by atoms with Crippen molar-refractivity contribution in [2.75, 3.05) is 0 Å². The van der Waals surface area contributed by atoms with E-state index in [1.807, 2.05) is 31.2 Å². The van der Waals surface area contributed by atoms with E-state index in [4.69, 9.17) is 10.5 Å². The molecular formula is C17H19NO. The number of hydrogen-bond donors (Lipinski definition) is 1. The summed E-state index contributed by atoms with van der Waals surface area (Å²) in [6, 6.07) is 16.6. The highest BCUT2D eigenvalue weighted by molar-refractivity contribution is 5.38. The van der Waals surface area contributed by atoms with E-state index in [9.17, 15) is 0 Å². The van der Waals surface area contributed by atoms with E-state index < -0.39 is 0 Å². The molecular weight excluding hydrogens is 234 g/mol. The Kier molecular flexibility index (Phi) is 3.26. The van der Waals surface area contributed by atoms with Crippen LogP contribution in [-0.2, 0) is 6.42 Å². The van der Waals surface area contributed by atoms with Crippen LogP contribution in [0.25, 0.3) is 0 Å². The average molecular weight is 253 g/mol. The highest BCUT2D eigenvalue weighted by atomic mass is 16.5. The Morgan fingerprint density at radius 3 is 2.68 bits per heavy atom. The maximum Gasteiger partial charge on any atom is 0.124 e. The van der Waals surface area contributed by atoms with E-state index in [-0.39, 0.29) is 12.1 Å². The smallest absolute Gasteiger partial charge is 0.124 e. The molecule has 0 spiro atoms. The molecule has 0 radical (unpaired) electrons. The summed E-state index contributed by atoms with van der Waals surface area (Å²) < 4.78 is 6.21. The summed E-state index contributed by atoms with van der Waals surface area (Å²) in [5, 5.41) is 0. The Balaban J connectivity index is 1.88. The van der Waals surface area contributed by atoms with Gasteiger partial charge in [-0.05, 0) is 37.0 Å². The molecule has 0 aromatic heterocycles. The number of benzene rings is 2. The molecule has 2 atom stereocenters. The fraction of sp³-hybridized carbons (Fsp3) is 0.294. The first-order valence-corrected chi connectivity index (χ1v) is 6.84. The largest absolute Gasteiger partial charge is 0.485 e. The van der Waals surface area contributed by atoms with Crippen molar-refractivity contribution in [2.45, 2.75) is 31.9 Å². The van der Waals surface area contributed by atoms with Gasteiger partial charge in [-0.25, -0.2) is 0 Å². The Bertz CT molecular complexity index is 577. The van der Waals surface area contributed by atoms with Crippen LogP contribution in [0.5, 0.6) is 5.75 Å². The highest BCUT2D eigenvalue weighted by Crippen LogP contribution is 2.36. The third kappa shape index (κ3) is 2.36. The molecule has 2 nitrogen and oxygen atoms in total. The minimum absolute atomic E-state index is 0.00662. The molecule has 0 amide bonds. The van der Waals surface area contributed by atoms with E-state index in [0.29, 0.717) is 0 Å². The number of fused-ring (bicyclic) bond motifs is 1. The molecule has 0 heterocycles. The van der Waals surface area contributed by atoms with Crippen molar-refractivity contribution < 1.29 is 4.74 Å². The van der Waals surface area contributed by atoms with Crippen LogP contribution in [0.3, 0.4) is 0 Å². The Hall–Kier alpha value is -1.80. The number of rotatable bonds is 3. The van der Waals surface area contributed by atoms with Crippen molar-refractivity contribution in [1.29, 1.82) is 0 Å². The lowest BCUT2D eigenvalue weighted by molar-refractivity contribution is 0.205. The predicted molar refractivity (Wildman–Crippen MR) is 77.2 cm³/mol. The van der Waals surface area contributed by atoms with Crippen LogP contribution in [0.1, 0.15) is 42.2 Å². The van der Waals surface area contributed by atoms with Gasteiger partial charge in [0.25, 0.3) is 0 Å². The molecule has 0 aliphatic heterocycles. The Morgan fingerprint density at radius 2 is 1.84 bits per heavy atom. The van der Waals surface area contributed by atoms with Gasteiger partial charge >= 0.3 is 0 Å². The number of nitrogens with two attached hydrogens (primary N) is 1. The number of aryl methyl sites for hydroxylation is 1. The number of hydrogen-bond acceptors (Lipinski definition) is 2. The lowest BCUT2D eigenvalue weighted by Gasteiger charge is -2.19. The lowest BCUT2D eigenvalue weighted by atomic mass is 10.1. The van der Waals surface area contributed by atoms with Crippen LogP contribution in [-0.4, -0.2) is 0 Å². The summed E-state index contributed by atoms with van der Waals surface area (Å²) in [5.74, 6) is 0.916. The second-order valence-electron chi connectivity index (χ2n) is 5.17. The normalized spacial score (nSPS) is 18.9. The Labute approximate surface area is 114 Å². The fourth-order valence-corrected chi connectivity index (χ4v) is 2.76. The van der Waals surface area contributed by atoms with E-state index in [0.717, 1.165) is 24.2 Å². The van der Waals surface area contributed by atoms with Gasteiger partial charge in [0.1, 0.15) is 11.9 Å². The van der Waals surface area contributed by atoms with Crippen LogP contribution in [0.15, 0.2) is 48.5 Å². The highest BCUT2D eigenvalue weighted by Gasteiger charge is 2.24. The van der Waals surface area contributed by atoms with Crippen LogP contribution in [0.2, 0.25) is 0 Å². The van der Waals surface area contributed by atoms with Gasteiger partial charge in [0.15, 0.2) is 0 Å². The van der Waals surface area contributed by atoms with Crippen molar-refractivity contribution in [3.05, 3.63) is 65.2 Å². The molecule has 0 bridgehead atoms. The van der Waals surface area contributed by atoms with Gasteiger partial charge in [-0.2, -0.15) is 0 Å². The summed E-state index contributed by atoms with van der Waals surface area (Å²) in [5.41, 5.74) is 9.81. The predicted octanol–water partition coefficient (Wildman–Crippen LogP) is 3.77. The molecule has 2 unspecified atom stereocenters. The van der Waals surface area contributed by atoms with Gasteiger partial charge in [-0.3, -0.25) is 0 Å². The summed E-state index contributed by atoms with van der Waals surface area (Å²) in [7, 11) is 0. The zero-order chi connectivity index (χ0) is 13.2. The van der Waals surface area contributed by atoms with Gasteiger partial charge in [-0.15, -0.1) is 0 Å². The summed E-state index contributed by atoms with van der Waals surface area (Å²) >= 11 is 0. The zero-order valence-electron chi connectivity index (χ0n) is 11.2. The molecule has 2 aromatic rings.